The zero-order valence-corrected chi connectivity index (χ0v) is 9.42. The van der Waals surface area contributed by atoms with Crippen molar-refractivity contribution in [2.24, 2.45) is 0 Å². The van der Waals surface area contributed by atoms with E-state index in [0.717, 1.165) is 27.7 Å². The summed E-state index contributed by atoms with van der Waals surface area (Å²) in [6.45, 7) is 4.33. The number of hydrogen-bond acceptors (Lipinski definition) is 4. The molecule has 0 spiro atoms. The van der Waals surface area contributed by atoms with Crippen LogP contribution in [0.5, 0.6) is 0 Å². The van der Waals surface area contributed by atoms with Crippen molar-refractivity contribution in [3.05, 3.63) is 0 Å². The van der Waals surface area contributed by atoms with E-state index in [2.05, 4.69) is 0 Å². The van der Waals surface area contributed by atoms with Gasteiger partial charge in [-0.25, -0.2) is 0 Å². The van der Waals surface area contributed by atoms with Crippen LogP contribution in [0, 0.1) is 0 Å². The zero-order chi connectivity index (χ0) is 14.3. The van der Waals surface area contributed by atoms with E-state index in [1.807, 2.05) is 0 Å². The third-order valence-electron chi connectivity index (χ3n) is 0. The molecule has 0 aromatic heterocycles. The molecule has 0 atom stereocenters. The van der Waals surface area contributed by atoms with Crippen LogP contribution in [0.2, 0.25) is 0 Å². The summed E-state index contributed by atoms with van der Waals surface area (Å²) in [6.07, 6.45) is 0. The SMILES string of the molecule is CC(=O)O.CC(=O)O.CC(=O)O.CC(=O)O.[CaH2].[KH].[MgH2].[NaH].[NaH]. The molecule has 0 amide bonds. The molecule has 0 aromatic rings. The normalized spacial score (nSPS) is 4.76. The molecule has 0 rings (SSSR count). The Morgan fingerprint density at radius 3 is 0.571 bits per heavy atom. The number of aliphatic carboxylic acids is 4. The van der Waals surface area contributed by atoms with Crippen molar-refractivity contribution >= 4 is 195 Å². The summed E-state index contributed by atoms with van der Waals surface area (Å²) in [4.78, 5) is 36.0. The van der Waals surface area contributed by atoms with Crippen molar-refractivity contribution in [3.8, 4) is 0 Å². The van der Waals surface area contributed by atoms with Crippen molar-refractivity contribution < 1.29 is 39.6 Å². The first-order chi connectivity index (χ1) is 6.93. The van der Waals surface area contributed by atoms with Crippen molar-refractivity contribution in [2.45, 2.75) is 27.7 Å². The van der Waals surface area contributed by atoms with Crippen molar-refractivity contribution in [1.29, 1.82) is 0 Å². The summed E-state index contributed by atoms with van der Waals surface area (Å²) in [5, 5.41) is 29.7. The predicted molar refractivity (Wildman–Crippen MR) is 91.8 cm³/mol. The first-order valence-electron chi connectivity index (χ1n) is 3.71. The van der Waals surface area contributed by atoms with E-state index in [4.69, 9.17) is 39.6 Å². The first kappa shape index (κ1) is 56.3. The van der Waals surface area contributed by atoms with Gasteiger partial charge in [-0.3, -0.25) is 19.2 Å². The van der Waals surface area contributed by atoms with E-state index < -0.39 is 23.9 Å². The fraction of sp³-hybridized carbons (Fsp3) is 0.500. The van der Waals surface area contributed by atoms with Gasteiger partial charge in [0.15, 0.2) is 0 Å². The van der Waals surface area contributed by atoms with Gasteiger partial charge < -0.3 is 20.4 Å². The van der Waals surface area contributed by atoms with Crippen LogP contribution < -0.4 is 0 Å². The van der Waals surface area contributed by atoms with Crippen LogP contribution in [0.3, 0.4) is 0 Å². The fourth-order valence-corrected chi connectivity index (χ4v) is 0. The van der Waals surface area contributed by atoms with Gasteiger partial charge in [-0.05, 0) is 0 Å². The third-order valence-corrected chi connectivity index (χ3v) is 0. The van der Waals surface area contributed by atoms with E-state index in [-0.39, 0.29) is 171 Å². The van der Waals surface area contributed by atoms with E-state index in [1.54, 1.807) is 0 Å². The van der Waals surface area contributed by atoms with Crippen LogP contribution in [0.4, 0.5) is 0 Å². The van der Waals surface area contributed by atoms with Gasteiger partial charge in [-0.2, -0.15) is 0 Å². The molecule has 0 heterocycles. The molecule has 0 fully saturated rings. The monoisotopic (exact) mass is 396 g/mol. The van der Waals surface area contributed by atoms with Crippen LogP contribution in [0.1, 0.15) is 27.7 Å². The molecule has 21 heavy (non-hydrogen) atoms. The minimum atomic E-state index is -0.833. The summed E-state index contributed by atoms with van der Waals surface area (Å²) in [7, 11) is 0. The minimum absolute atomic E-state index is 0. The Morgan fingerprint density at radius 2 is 0.571 bits per heavy atom. The molecular formula is C8H23CaKMgNa2O8. The second-order valence-electron chi connectivity index (χ2n) is 2.08. The van der Waals surface area contributed by atoms with Gasteiger partial charge in [0.05, 0.1) is 0 Å². The molecule has 0 radical (unpaired) electrons. The average molecular weight is 397 g/mol. The van der Waals surface area contributed by atoms with E-state index >= 15 is 0 Å². The number of carboxylic acids is 4. The third kappa shape index (κ3) is 871. The standard InChI is InChI=1S/4C2H4O2.Ca.K.Mg.2Na.7H/c4*1-2(3)4;;;;;;;;;;;;/h4*1H3,(H,3,4);;;;;;;;;;;;. The van der Waals surface area contributed by atoms with Crippen LogP contribution in [0.15, 0.2) is 0 Å². The first-order valence-corrected chi connectivity index (χ1v) is 3.71. The summed E-state index contributed by atoms with van der Waals surface area (Å²) < 4.78 is 0. The topological polar surface area (TPSA) is 149 Å². The van der Waals surface area contributed by atoms with Crippen molar-refractivity contribution in [1.82, 2.24) is 0 Å². The Balaban J connectivity index is -0.0000000121. The van der Waals surface area contributed by atoms with Gasteiger partial charge in [0.2, 0.25) is 0 Å². The molecule has 0 aliphatic heterocycles. The number of carbonyl (C=O) groups is 4. The van der Waals surface area contributed by atoms with Crippen molar-refractivity contribution in [3.63, 3.8) is 0 Å². The summed E-state index contributed by atoms with van der Waals surface area (Å²) >= 11 is 0. The Kier molecular flexibility index (Phi) is 133. The molecule has 0 aliphatic rings. The molecule has 13 heteroatoms. The Labute approximate surface area is 256 Å². The second-order valence-corrected chi connectivity index (χ2v) is 2.08. The van der Waals surface area contributed by atoms with Gasteiger partial charge in [0.1, 0.15) is 0 Å². The predicted octanol–water partition coefficient (Wildman–Crippen LogP) is -3.41. The van der Waals surface area contributed by atoms with Crippen LogP contribution >= 0.6 is 0 Å². The molecule has 0 saturated heterocycles. The molecular weight excluding hydrogens is 374 g/mol. The number of rotatable bonds is 0. The molecule has 0 aromatic carbocycles. The average Bonchev–Trinajstić information content (AvgIpc) is 1.76. The van der Waals surface area contributed by atoms with Gasteiger partial charge in [-0.1, -0.05) is 0 Å². The van der Waals surface area contributed by atoms with Gasteiger partial charge in [0, 0.05) is 27.7 Å². The summed E-state index contributed by atoms with van der Waals surface area (Å²) in [5.41, 5.74) is 0. The Morgan fingerprint density at radius 1 is 0.571 bits per heavy atom. The van der Waals surface area contributed by atoms with E-state index in [9.17, 15) is 0 Å². The second kappa shape index (κ2) is 49.5. The van der Waals surface area contributed by atoms with Gasteiger partial charge in [0.25, 0.3) is 23.9 Å². The summed E-state index contributed by atoms with van der Waals surface area (Å²) in [6, 6.07) is 0. The molecule has 4 N–H and O–H groups in total. The van der Waals surface area contributed by atoms with Crippen LogP contribution in [0.25, 0.3) is 0 Å². The molecule has 0 bridgehead atoms. The van der Waals surface area contributed by atoms with Crippen LogP contribution in [-0.4, -0.2) is 216 Å². The molecule has 8 nitrogen and oxygen atoms in total. The van der Waals surface area contributed by atoms with Crippen molar-refractivity contribution in [2.75, 3.05) is 0 Å². The van der Waals surface area contributed by atoms with Gasteiger partial charge in [-0.15, -0.1) is 0 Å². The zero-order valence-electron chi connectivity index (χ0n) is 9.42. The number of carboxylic acid groups (broad SMARTS) is 4. The van der Waals surface area contributed by atoms with E-state index in [1.165, 1.54) is 0 Å². The maximum atomic E-state index is 9.00. The Bertz CT molecular complexity index is 182. The van der Waals surface area contributed by atoms with E-state index in [0.29, 0.717) is 0 Å². The van der Waals surface area contributed by atoms with Gasteiger partial charge >= 0.3 is 171 Å². The fourth-order valence-electron chi connectivity index (χ4n) is 0. The van der Waals surface area contributed by atoms with Crippen LogP contribution in [-0.2, 0) is 19.2 Å². The quantitative estimate of drug-likeness (QED) is 0.309. The maximum absolute atomic E-state index is 9.00. The summed E-state index contributed by atoms with van der Waals surface area (Å²) in [5.74, 6) is -3.33. The Hall–Kier alpha value is 3.54. The number of hydrogen-bond donors (Lipinski definition) is 4. The molecule has 0 saturated carbocycles. The molecule has 0 unspecified atom stereocenters. The molecule has 110 valence electrons. The molecule has 0 aliphatic carbocycles.